The summed E-state index contributed by atoms with van der Waals surface area (Å²) in [6.45, 7) is 13.4. The highest BCUT2D eigenvalue weighted by molar-refractivity contribution is 5.63. The van der Waals surface area contributed by atoms with Crippen LogP contribution in [0.2, 0.25) is 0 Å². The van der Waals surface area contributed by atoms with E-state index in [4.69, 9.17) is 0 Å². The Morgan fingerprint density at radius 3 is 2.05 bits per heavy atom. The molecule has 2 aliphatic rings. The Morgan fingerprint density at radius 1 is 0.905 bits per heavy atom. The van der Waals surface area contributed by atoms with Gasteiger partial charge in [0, 0.05) is 30.2 Å². The van der Waals surface area contributed by atoms with Crippen LogP contribution in [0.15, 0.2) is 85.4 Å². The molecule has 0 unspecified atom stereocenters. The second-order valence-electron chi connectivity index (χ2n) is 13.2. The van der Waals surface area contributed by atoms with Crippen LogP contribution in [0, 0.1) is 12.8 Å². The molecule has 0 amide bonds. The first-order valence-electron chi connectivity index (χ1n) is 16.0. The number of nitrogens with zero attached hydrogens (tertiary/aromatic N) is 3. The normalized spacial score (nSPS) is 18.4. The summed E-state index contributed by atoms with van der Waals surface area (Å²) in [7, 11) is 6.68. The van der Waals surface area contributed by atoms with E-state index < -0.39 is 0 Å². The van der Waals surface area contributed by atoms with Gasteiger partial charge in [0.25, 0.3) is 0 Å². The van der Waals surface area contributed by atoms with E-state index in [0.717, 1.165) is 37.8 Å². The zero-order valence-electron chi connectivity index (χ0n) is 26.5. The lowest BCUT2D eigenvalue weighted by molar-refractivity contribution is 0.0695. The molecule has 0 spiro atoms. The van der Waals surface area contributed by atoms with Crippen molar-refractivity contribution in [3.05, 3.63) is 113 Å². The van der Waals surface area contributed by atoms with Crippen molar-refractivity contribution in [1.29, 1.82) is 0 Å². The third-order valence-corrected chi connectivity index (χ3v) is 10.2. The minimum Gasteiger partial charge on any atom is -0.383 e. The zero-order chi connectivity index (χ0) is 29.5. The standard InChI is InChI=1S/C38H52N4/c1-30-26-36(31(2)39-29-38(40(3)4)20-24-41(5)25-21-38)17-16-35(30)27-32-18-22-42(23-19-32)28-37(33-12-8-6-9-13-33)34-14-10-7-11-15-34/h6-17,26,32,37,39H,2,18-25,27-29H2,1,3-5H3. The van der Waals surface area contributed by atoms with Crippen molar-refractivity contribution >= 4 is 5.70 Å². The van der Waals surface area contributed by atoms with E-state index in [-0.39, 0.29) is 5.54 Å². The minimum absolute atomic E-state index is 0.196. The van der Waals surface area contributed by atoms with Gasteiger partial charge in [-0.1, -0.05) is 79.4 Å². The Balaban J connectivity index is 1.14. The maximum absolute atomic E-state index is 4.43. The molecule has 0 aromatic heterocycles. The summed E-state index contributed by atoms with van der Waals surface area (Å²) >= 11 is 0. The van der Waals surface area contributed by atoms with Gasteiger partial charge in [0.1, 0.15) is 0 Å². The van der Waals surface area contributed by atoms with Gasteiger partial charge in [-0.3, -0.25) is 0 Å². The number of piperidine rings is 2. The molecule has 0 atom stereocenters. The molecule has 3 aromatic rings. The first kappa shape index (κ1) is 30.5. The van der Waals surface area contributed by atoms with Gasteiger partial charge >= 0.3 is 0 Å². The smallest absolute Gasteiger partial charge is 0.0400 e. The lowest BCUT2D eigenvalue weighted by Gasteiger charge is -2.45. The first-order chi connectivity index (χ1) is 20.3. The third kappa shape index (κ3) is 7.53. The highest BCUT2D eigenvalue weighted by atomic mass is 15.2. The molecule has 0 radical (unpaired) electrons. The molecule has 2 heterocycles. The van der Waals surface area contributed by atoms with Gasteiger partial charge in [-0.2, -0.15) is 0 Å². The summed E-state index contributed by atoms with van der Waals surface area (Å²) in [5.41, 5.74) is 8.19. The number of benzene rings is 3. The van der Waals surface area contributed by atoms with Crippen molar-refractivity contribution in [3.8, 4) is 0 Å². The van der Waals surface area contributed by atoms with Crippen molar-refractivity contribution < 1.29 is 0 Å². The molecule has 4 nitrogen and oxygen atoms in total. The minimum atomic E-state index is 0.196. The predicted octanol–water partition coefficient (Wildman–Crippen LogP) is 6.67. The molecule has 0 aliphatic carbocycles. The SMILES string of the molecule is C=C(NCC1(N(C)C)CCN(C)CC1)c1ccc(CC2CCN(CC(c3ccccc3)c3ccccc3)CC2)c(C)c1. The predicted molar refractivity (Wildman–Crippen MR) is 179 cm³/mol. The van der Waals surface area contributed by atoms with Gasteiger partial charge in [0.05, 0.1) is 0 Å². The molecular formula is C38H52N4. The van der Waals surface area contributed by atoms with E-state index in [1.807, 2.05) is 0 Å². The van der Waals surface area contributed by atoms with E-state index in [1.54, 1.807) is 0 Å². The molecule has 2 aliphatic heterocycles. The van der Waals surface area contributed by atoms with E-state index in [2.05, 4.69) is 134 Å². The summed E-state index contributed by atoms with van der Waals surface area (Å²) in [4.78, 5) is 7.55. The second kappa shape index (κ2) is 14.0. The summed E-state index contributed by atoms with van der Waals surface area (Å²) in [5.74, 6) is 1.18. The molecule has 0 bridgehead atoms. The number of rotatable bonds is 11. The number of aryl methyl sites for hydroxylation is 1. The quantitative estimate of drug-likeness (QED) is 0.281. The van der Waals surface area contributed by atoms with Crippen LogP contribution in [0.1, 0.15) is 59.4 Å². The van der Waals surface area contributed by atoms with Crippen LogP contribution in [0.5, 0.6) is 0 Å². The van der Waals surface area contributed by atoms with Crippen molar-refractivity contribution in [3.63, 3.8) is 0 Å². The maximum atomic E-state index is 4.43. The lowest BCUT2D eigenvalue weighted by atomic mass is 9.85. The van der Waals surface area contributed by atoms with Crippen LogP contribution < -0.4 is 5.32 Å². The fraction of sp³-hybridized carbons (Fsp3) is 0.474. The molecule has 224 valence electrons. The number of hydrogen-bond acceptors (Lipinski definition) is 4. The molecular weight excluding hydrogens is 512 g/mol. The third-order valence-electron chi connectivity index (χ3n) is 10.2. The van der Waals surface area contributed by atoms with Gasteiger partial charge < -0.3 is 20.0 Å². The van der Waals surface area contributed by atoms with E-state index in [9.17, 15) is 0 Å². The fourth-order valence-electron chi connectivity index (χ4n) is 7.02. The van der Waals surface area contributed by atoms with Gasteiger partial charge in [-0.15, -0.1) is 0 Å². The Hall–Kier alpha value is -2.92. The van der Waals surface area contributed by atoms with E-state index in [0.29, 0.717) is 5.92 Å². The largest absolute Gasteiger partial charge is 0.383 e. The average Bonchev–Trinajstić information content (AvgIpc) is 3.02. The summed E-state index contributed by atoms with van der Waals surface area (Å²) < 4.78 is 0. The van der Waals surface area contributed by atoms with Crippen molar-refractivity contribution in [2.24, 2.45) is 5.92 Å². The molecule has 42 heavy (non-hydrogen) atoms. The summed E-state index contributed by atoms with van der Waals surface area (Å²) in [6.07, 6.45) is 6.10. The summed E-state index contributed by atoms with van der Waals surface area (Å²) in [6, 6.07) is 29.1. The molecule has 4 heteroatoms. The Morgan fingerprint density at radius 2 is 1.50 bits per heavy atom. The van der Waals surface area contributed by atoms with E-state index in [1.165, 1.54) is 73.0 Å². The van der Waals surface area contributed by atoms with Crippen LogP contribution in [0.4, 0.5) is 0 Å². The van der Waals surface area contributed by atoms with Crippen molar-refractivity contribution in [2.75, 3.05) is 60.4 Å². The van der Waals surface area contributed by atoms with Gasteiger partial charge in [-0.05, 0) is 126 Å². The topological polar surface area (TPSA) is 21.8 Å². The second-order valence-corrected chi connectivity index (χ2v) is 13.2. The van der Waals surface area contributed by atoms with Crippen LogP contribution in [-0.4, -0.2) is 80.7 Å². The van der Waals surface area contributed by atoms with Gasteiger partial charge in [0.2, 0.25) is 0 Å². The average molecular weight is 565 g/mol. The summed E-state index contributed by atoms with van der Waals surface area (Å²) in [5, 5.41) is 3.72. The molecule has 2 saturated heterocycles. The van der Waals surface area contributed by atoms with Gasteiger partial charge in [-0.25, -0.2) is 0 Å². The first-order valence-corrected chi connectivity index (χ1v) is 16.0. The van der Waals surface area contributed by atoms with Crippen LogP contribution in [0.25, 0.3) is 5.70 Å². The molecule has 1 N–H and O–H groups in total. The fourth-order valence-corrected chi connectivity index (χ4v) is 7.02. The lowest BCUT2D eigenvalue weighted by Crippen LogP contribution is -2.57. The molecule has 2 fully saturated rings. The van der Waals surface area contributed by atoms with Crippen LogP contribution in [0.3, 0.4) is 0 Å². The maximum Gasteiger partial charge on any atom is 0.0400 e. The Bertz CT molecular complexity index is 1230. The zero-order valence-corrected chi connectivity index (χ0v) is 26.5. The number of likely N-dealkylation sites (N-methyl/N-ethyl adjacent to an activating group) is 1. The Kier molecular flexibility index (Phi) is 10.2. The van der Waals surface area contributed by atoms with Crippen molar-refractivity contribution in [1.82, 2.24) is 20.0 Å². The van der Waals surface area contributed by atoms with Gasteiger partial charge in [0.15, 0.2) is 0 Å². The van der Waals surface area contributed by atoms with Crippen LogP contribution in [-0.2, 0) is 6.42 Å². The number of hydrogen-bond donors (Lipinski definition) is 1. The number of nitrogens with one attached hydrogen (secondary N) is 1. The van der Waals surface area contributed by atoms with Crippen molar-refractivity contribution in [2.45, 2.75) is 50.5 Å². The molecule has 5 rings (SSSR count). The van der Waals surface area contributed by atoms with E-state index >= 15 is 0 Å². The van der Waals surface area contributed by atoms with Crippen LogP contribution >= 0.6 is 0 Å². The molecule has 3 aromatic carbocycles. The molecule has 0 saturated carbocycles. The highest BCUT2D eigenvalue weighted by Crippen LogP contribution is 2.30. The number of likely N-dealkylation sites (tertiary alicyclic amines) is 2. The Labute approximate surface area is 255 Å². The monoisotopic (exact) mass is 564 g/mol. The highest BCUT2D eigenvalue weighted by Gasteiger charge is 2.35.